The summed E-state index contributed by atoms with van der Waals surface area (Å²) in [4.78, 5) is 0. The molecule has 0 radical (unpaired) electrons. The molecule has 0 bridgehead atoms. The maximum absolute atomic E-state index is 4.82. The van der Waals surface area contributed by atoms with Crippen LogP contribution in [-0.4, -0.2) is 13.7 Å². The van der Waals surface area contributed by atoms with Gasteiger partial charge in [0.05, 0.1) is 6.61 Å². The molecule has 0 atom stereocenters. The van der Waals surface area contributed by atoms with Crippen molar-refractivity contribution in [3.8, 4) is 11.8 Å². The predicted octanol–water partition coefficient (Wildman–Crippen LogP) is 1.93. The first-order chi connectivity index (χ1) is 4.31. The fourth-order valence-corrected chi connectivity index (χ4v) is 0.673. The molecule has 0 spiro atoms. The van der Waals surface area contributed by atoms with E-state index in [2.05, 4.69) is 27.8 Å². The molecule has 1 nitrogen and oxygen atoms in total. The normalized spacial score (nSPS) is 10.3. The number of rotatable bonds is 2. The van der Waals surface area contributed by atoms with Crippen LogP contribution in [0.15, 0.2) is 10.6 Å². The predicted molar refractivity (Wildman–Crippen MR) is 42.3 cm³/mol. The van der Waals surface area contributed by atoms with Crippen LogP contribution in [0.4, 0.5) is 0 Å². The Labute approximate surface area is 64.2 Å². The van der Waals surface area contributed by atoms with E-state index in [1.165, 1.54) is 0 Å². The van der Waals surface area contributed by atoms with Crippen LogP contribution < -0.4 is 0 Å². The number of hydrogen-bond acceptors (Lipinski definition) is 1. The highest BCUT2D eigenvalue weighted by Crippen LogP contribution is 2.02. The van der Waals surface area contributed by atoms with Gasteiger partial charge in [0.2, 0.25) is 0 Å². The summed E-state index contributed by atoms with van der Waals surface area (Å²) in [5.74, 6) is 5.54. The average Bonchev–Trinajstić information content (AvgIpc) is 1.85. The summed E-state index contributed by atoms with van der Waals surface area (Å²) < 4.78 is 5.79. The van der Waals surface area contributed by atoms with Crippen molar-refractivity contribution in [2.24, 2.45) is 0 Å². The van der Waals surface area contributed by atoms with Gasteiger partial charge in [0.15, 0.2) is 0 Å². The highest BCUT2D eigenvalue weighted by Gasteiger charge is 1.84. The molecule has 0 fully saturated rings. The smallest absolute Gasteiger partial charge is 0.0784 e. The highest BCUT2D eigenvalue weighted by molar-refractivity contribution is 9.11. The van der Waals surface area contributed by atoms with Gasteiger partial charge in [-0.3, -0.25) is 0 Å². The Morgan fingerprint density at radius 3 is 2.89 bits per heavy atom. The number of ether oxygens (including phenoxy) is 1. The maximum Gasteiger partial charge on any atom is 0.0784 e. The van der Waals surface area contributed by atoms with E-state index in [0.29, 0.717) is 6.61 Å². The van der Waals surface area contributed by atoms with Crippen molar-refractivity contribution < 1.29 is 4.74 Å². The lowest BCUT2D eigenvalue weighted by Crippen LogP contribution is -1.85. The number of allylic oxidation sites excluding steroid dienone is 1. The fourth-order valence-electron chi connectivity index (χ4n) is 0.330. The van der Waals surface area contributed by atoms with Gasteiger partial charge in [-0.25, -0.2) is 0 Å². The van der Waals surface area contributed by atoms with Crippen LogP contribution in [0.1, 0.15) is 6.92 Å². The fraction of sp³-hybridized carbons (Fsp3) is 0.429. The second-order valence-electron chi connectivity index (χ2n) is 1.42. The molecule has 0 unspecified atom stereocenters. The molecular weight excluding hydrogens is 180 g/mol. The topological polar surface area (TPSA) is 9.23 Å². The molecule has 0 saturated carbocycles. The van der Waals surface area contributed by atoms with E-state index in [0.717, 1.165) is 4.48 Å². The molecule has 9 heavy (non-hydrogen) atoms. The molecule has 0 aromatic carbocycles. The minimum atomic E-state index is 0.592. The first-order valence-electron chi connectivity index (χ1n) is 2.57. The Bertz CT molecular complexity index is 150. The van der Waals surface area contributed by atoms with Crippen molar-refractivity contribution in [3.63, 3.8) is 0 Å². The molecule has 0 rings (SSSR count). The second-order valence-corrected chi connectivity index (χ2v) is 2.44. The lowest BCUT2D eigenvalue weighted by Gasteiger charge is -1.91. The Morgan fingerprint density at radius 1 is 1.78 bits per heavy atom. The molecule has 0 aliphatic heterocycles. The summed E-state index contributed by atoms with van der Waals surface area (Å²) in [6.07, 6.45) is 1.78. The maximum atomic E-state index is 4.82. The Kier molecular flexibility index (Phi) is 5.70. The zero-order chi connectivity index (χ0) is 7.11. The minimum absolute atomic E-state index is 0.592. The standard InChI is InChI=1S/C7H9BrO/c1-3-4-5-7(8)6-9-2/h5H,6H2,1-2H3/b7-5+. The van der Waals surface area contributed by atoms with Crippen LogP contribution in [0.2, 0.25) is 0 Å². The molecule has 2 heteroatoms. The van der Waals surface area contributed by atoms with E-state index in [1.807, 2.05) is 0 Å². The van der Waals surface area contributed by atoms with Gasteiger partial charge in [0.1, 0.15) is 0 Å². The first-order valence-corrected chi connectivity index (χ1v) is 3.36. The zero-order valence-corrected chi connectivity index (χ0v) is 7.16. The third-order valence-electron chi connectivity index (χ3n) is 0.655. The summed E-state index contributed by atoms with van der Waals surface area (Å²) in [5.41, 5.74) is 0. The van der Waals surface area contributed by atoms with Crippen LogP contribution in [-0.2, 0) is 4.74 Å². The summed E-state index contributed by atoms with van der Waals surface area (Å²) in [6.45, 7) is 2.39. The van der Waals surface area contributed by atoms with Gasteiger partial charge in [-0.05, 0) is 6.92 Å². The third kappa shape index (κ3) is 5.61. The number of methoxy groups -OCH3 is 1. The number of halogens is 1. The molecule has 0 amide bonds. The van der Waals surface area contributed by atoms with Crippen LogP contribution in [0.5, 0.6) is 0 Å². The van der Waals surface area contributed by atoms with E-state index < -0.39 is 0 Å². The van der Waals surface area contributed by atoms with Gasteiger partial charge in [0, 0.05) is 17.7 Å². The van der Waals surface area contributed by atoms with E-state index in [4.69, 9.17) is 4.74 Å². The minimum Gasteiger partial charge on any atom is -0.379 e. The average molecular weight is 189 g/mol. The van der Waals surface area contributed by atoms with Crippen molar-refractivity contribution in [3.05, 3.63) is 10.6 Å². The summed E-state index contributed by atoms with van der Waals surface area (Å²) in [6, 6.07) is 0. The van der Waals surface area contributed by atoms with Crippen molar-refractivity contribution in [2.75, 3.05) is 13.7 Å². The van der Waals surface area contributed by atoms with Crippen molar-refractivity contribution in [2.45, 2.75) is 6.92 Å². The van der Waals surface area contributed by atoms with Gasteiger partial charge in [0.25, 0.3) is 0 Å². The Hall–Kier alpha value is -0.260. The van der Waals surface area contributed by atoms with E-state index in [-0.39, 0.29) is 0 Å². The molecule has 0 aromatic heterocycles. The second kappa shape index (κ2) is 5.87. The van der Waals surface area contributed by atoms with Crippen molar-refractivity contribution in [1.29, 1.82) is 0 Å². The Balaban J connectivity index is 3.64. The van der Waals surface area contributed by atoms with Gasteiger partial charge < -0.3 is 4.74 Å². The number of hydrogen-bond donors (Lipinski definition) is 0. The van der Waals surface area contributed by atoms with Gasteiger partial charge in [-0.2, -0.15) is 0 Å². The van der Waals surface area contributed by atoms with Gasteiger partial charge in [-0.1, -0.05) is 21.9 Å². The Morgan fingerprint density at radius 2 is 2.44 bits per heavy atom. The van der Waals surface area contributed by atoms with Crippen molar-refractivity contribution >= 4 is 15.9 Å². The lowest BCUT2D eigenvalue weighted by molar-refractivity contribution is 0.232. The third-order valence-corrected chi connectivity index (χ3v) is 1.11. The largest absolute Gasteiger partial charge is 0.379 e. The summed E-state index contributed by atoms with van der Waals surface area (Å²) in [5, 5.41) is 0. The summed E-state index contributed by atoms with van der Waals surface area (Å²) in [7, 11) is 1.65. The monoisotopic (exact) mass is 188 g/mol. The van der Waals surface area contributed by atoms with Gasteiger partial charge in [-0.15, -0.1) is 5.92 Å². The van der Waals surface area contributed by atoms with Gasteiger partial charge >= 0.3 is 0 Å². The van der Waals surface area contributed by atoms with Crippen molar-refractivity contribution in [1.82, 2.24) is 0 Å². The molecule has 0 aliphatic carbocycles. The highest BCUT2D eigenvalue weighted by atomic mass is 79.9. The molecule has 0 aliphatic rings. The van der Waals surface area contributed by atoms with Crippen LogP contribution in [0.3, 0.4) is 0 Å². The molecule has 0 saturated heterocycles. The van der Waals surface area contributed by atoms with Crippen LogP contribution >= 0.6 is 15.9 Å². The van der Waals surface area contributed by atoms with E-state index in [9.17, 15) is 0 Å². The summed E-state index contributed by atoms with van der Waals surface area (Å²) >= 11 is 3.27. The molecular formula is C7H9BrO. The van der Waals surface area contributed by atoms with E-state index >= 15 is 0 Å². The zero-order valence-electron chi connectivity index (χ0n) is 5.57. The molecule has 50 valence electrons. The molecule has 0 heterocycles. The quantitative estimate of drug-likeness (QED) is 0.603. The van der Waals surface area contributed by atoms with E-state index in [1.54, 1.807) is 20.1 Å². The molecule has 0 aromatic rings. The lowest BCUT2D eigenvalue weighted by atomic mass is 10.5. The van der Waals surface area contributed by atoms with Crippen LogP contribution in [0, 0.1) is 11.8 Å². The van der Waals surface area contributed by atoms with Crippen LogP contribution in [0.25, 0.3) is 0 Å². The molecule has 0 N–H and O–H groups in total. The SMILES string of the molecule is CC#C/C=C(/Br)COC. The first kappa shape index (κ1) is 8.74.